The van der Waals surface area contributed by atoms with Gasteiger partial charge in [-0.2, -0.15) is 9.94 Å². The lowest BCUT2D eigenvalue weighted by molar-refractivity contribution is -0.131. The Bertz CT molecular complexity index is 1920. The van der Waals surface area contributed by atoms with Crippen LogP contribution in [0.5, 0.6) is 0 Å². The number of amides is 2. The van der Waals surface area contributed by atoms with Crippen molar-refractivity contribution in [1.82, 2.24) is 35.6 Å². The fourth-order valence-corrected chi connectivity index (χ4v) is 9.70. The molecule has 4 unspecified atom stereocenters. The molecule has 2 heterocycles. The summed E-state index contributed by atoms with van der Waals surface area (Å²) in [6.07, 6.45) is 6.85. The standard InChI is InChI=1S/C40H50N8O3/c1-23-6-12-31(13-7-23)48-39(51)45-38(46-48)40(20-24(2)44-22-36(49)47-32(21-41)18-30-19-35(30)47)33-14-10-26(25(3)42-4)16-27(33)8-9-28-17-29(37(50)43-5)11-15-34(28)40/h6-7,11-13,15,17,24,26-27,30,32-33,35,42,44H,3,8-10,14,16,18-20,22H2,1-2,4-5H3,(H,43,50)(H,45,46,51)/t24-,26?,27-,30+,32?,33?,35-,40?/m0/s1. The highest BCUT2D eigenvalue weighted by molar-refractivity contribution is 5.94. The van der Waals surface area contributed by atoms with Crippen molar-refractivity contribution in [3.63, 3.8) is 0 Å². The van der Waals surface area contributed by atoms with Crippen LogP contribution in [0.25, 0.3) is 5.69 Å². The lowest BCUT2D eigenvalue weighted by atomic mass is 9.57. The third-order valence-corrected chi connectivity index (χ3v) is 12.4. The zero-order valence-electron chi connectivity index (χ0n) is 30.2. The Morgan fingerprint density at radius 3 is 2.59 bits per heavy atom. The van der Waals surface area contributed by atoms with Crippen LogP contribution in [-0.2, 0) is 16.6 Å². The summed E-state index contributed by atoms with van der Waals surface area (Å²) in [6, 6.07) is 15.8. The molecule has 1 saturated heterocycles. The van der Waals surface area contributed by atoms with Crippen LogP contribution in [0.3, 0.4) is 0 Å². The van der Waals surface area contributed by atoms with Crippen molar-refractivity contribution in [2.75, 3.05) is 20.6 Å². The molecule has 11 heteroatoms. The average molecular weight is 691 g/mol. The number of piperidine rings is 1. The minimum Gasteiger partial charge on any atom is -0.392 e. The number of carbonyl (C=O) groups is 2. The molecule has 4 aliphatic rings. The van der Waals surface area contributed by atoms with Crippen LogP contribution in [0.2, 0.25) is 0 Å². The van der Waals surface area contributed by atoms with Crippen molar-refractivity contribution in [2.45, 2.75) is 88.8 Å². The third kappa shape index (κ3) is 6.28. The van der Waals surface area contributed by atoms with E-state index in [0.29, 0.717) is 41.2 Å². The predicted molar refractivity (Wildman–Crippen MR) is 195 cm³/mol. The van der Waals surface area contributed by atoms with Gasteiger partial charge in [-0.1, -0.05) is 30.3 Å². The first-order chi connectivity index (χ1) is 24.6. The number of hydrogen-bond donors (Lipinski definition) is 4. The molecule has 3 aliphatic carbocycles. The molecule has 11 nitrogen and oxygen atoms in total. The van der Waals surface area contributed by atoms with Crippen LogP contribution < -0.4 is 21.6 Å². The molecule has 3 fully saturated rings. The molecule has 0 bridgehead atoms. The largest absolute Gasteiger partial charge is 0.392 e. The Labute approximate surface area is 299 Å². The molecule has 3 aromatic rings. The van der Waals surface area contributed by atoms with Crippen LogP contribution in [-0.4, -0.2) is 70.2 Å². The van der Waals surface area contributed by atoms with Crippen LogP contribution in [0.1, 0.15) is 84.7 Å². The predicted octanol–water partition coefficient (Wildman–Crippen LogP) is 4.11. The molecule has 51 heavy (non-hydrogen) atoms. The number of aromatic amines is 1. The van der Waals surface area contributed by atoms with Crippen LogP contribution in [0, 0.1) is 41.9 Å². The molecule has 8 atom stereocenters. The summed E-state index contributed by atoms with van der Waals surface area (Å²) in [4.78, 5) is 45.4. The molecule has 1 aromatic heterocycles. The molecule has 1 aliphatic heterocycles. The maximum absolute atomic E-state index is 13.9. The van der Waals surface area contributed by atoms with Gasteiger partial charge in [0.2, 0.25) is 5.91 Å². The summed E-state index contributed by atoms with van der Waals surface area (Å²) in [6.45, 7) is 8.59. The Morgan fingerprint density at radius 1 is 1.08 bits per heavy atom. The molecule has 2 amide bonds. The second-order valence-electron chi connectivity index (χ2n) is 15.4. The van der Waals surface area contributed by atoms with E-state index in [1.54, 1.807) is 11.9 Å². The number of nitriles is 1. The van der Waals surface area contributed by atoms with Gasteiger partial charge in [0.05, 0.1) is 23.7 Å². The lowest BCUT2D eigenvalue weighted by Crippen LogP contribution is -2.50. The van der Waals surface area contributed by atoms with Crippen molar-refractivity contribution in [3.8, 4) is 11.8 Å². The first-order valence-electron chi connectivity index (χ1n) is 18.5. The molecule has 4 N–H and O–H groups in total. The van der Waals surface area contributed by atoms with Gasteiger partial charge < -0.3 is 20.9 Å². The molecule has 0 radical (unpaired) electrons. The van der Waals surface area contributed by atoms with E-state index in [1.165, 1.54) is 4.68 Å². The zero-order chi connectivity index (χ0) is 36.0. The topological polar surface area (TPSA) is 148 Å². The summed E-state index contributed by atoms with van der Waals surface area (Å²) in [5.41, 5.74) is 4.53. The number of rotatable bonds is 10. The monoisotopic (exact) mass is 690 g/mol. The SMILES string of the molecule is C=C(NC)C1CCC2[C@@H](CCc3cc(C(=O)NC)ccc3C2(C[C@H](C)NCC(=O)N2C(C#N)C[C@@H]3C[C@@H]32)c2nn(-c3ccc(C)cc3)c(=O)[nH]2)C1. The van der Waals surface area contributed by atoms with Gasteiger partial charge in [0.15, 0.2) is 0 Å². The maximum atomic E-state index is 13.9. The summed E-state index contributed by atoms with van der Waals surface area (Å²) >= 11 is 0. The number of fused-ring (bicyclic) bond motifs is 3. The number of allylic oxidation sites excluding steroid dienone is 1. The summed E-state index contributed by atoms with van der Waals surface area (Å²) in [5, 5.41) is 24.5. The highest BCUT2D eigenvalue weighted by Gasteiger charge is 2.55. The smallest absolute Gasteiger partial charge is 0.348 e. The van der Waals surface area contributed by atoms with Crippen LogP contribution >= 0.6 is 0 Å². The minimum atomic E-state index is -0.737. The molecule has 2 saturated carbocycles. The average Bonchev–Trinajstić information content (AvgIpc) is 3.68. The number of benzene rings is 2. The molecule has 268 valence electrons. The highest BCUT2D eigenvalue weighted by atomic mass is 16.2. The van der Waals surface area contributed by atoms with E-state index in [2.05, 4.69) is 46.6 Å². The van der Waals surface area contributed by atoms with Crippen molar-refractivity contribution in [2.24, 2.45) is 23.7 Å². The van der Waals surface area contributed by atoms with Gasteiger partial charge in [-0.25, -0.2) is 4.79 Å². The quantitative estimate of drug-likeness (QED) is 0.250. The second kappa shape index (κ2) is 13.8. The number of aromatic nitrogens is 3. The van der Waals surface area contributed by atoms with Gasteiger partial charge in [0.1, 0.15) is 11.9 Å². The number of aryl methyl sites for hydroxylation is 2. The van der Waals surface area contributed by atoms with E-state index in [9.17, 15) is 19.6 Å². The van der Waals surface area contributed by atoms with Gasteiger partial charge in [-0.05, 0) is 124 Å². The van der Waals surface area contributed by atoms with Gasteiger partial charge in [-0.15, -0.1) is 5.10 Å². The van der Waals surface area contributed by atoms with E-state index in [-0.39, 0.29) is 48.1 Å². The second-order valence-corrected chi connectivity index (χ2v) is 15.4. The van der Waals surface area contributed by atoms with Crippen LogP contribution in [0.15, 0.2) is 59.5 Å². The van der Waals surface area contributed by atoms with E-state index in [0.717, 1.165) is 67.3 Å². The Hall–Kier alpha value is -4.69. The fourth-order valence-electron chi connectivity index (χ4n) is 9.70. The molecule has 7 rings (SSSR count). The number of carbonyl (C=O) groups excluding carboxylic acids is 2. The Morgan fingerprint density at radius 2 is 1.86 bits per heavy atom. The van der Waals surface area contributed by atoms with E-state index < -0.39 is 5.41 Å². The first-order valence-corrected chi connectivity index (χ1v) is 18.5. The third-order valence-electron chi connectivity index (χ3n) is 12.4. The van der Waals surface area contributed by atoms with Crippen molar-refractivity contribution in [3.05, 3.63) is 93.3 Å². The Balaban J connectivity index is 1.33. The normalized spacial score (nSPS) is 28.3. The molecule has 2 aromatic carbocycles. The molecular weight excluding hydrogens is 640 g/mol. The molecule has 0 spiro atoms. The number of hydrogen-bond acceptors (Lipinski definition) is 7. The fraction of sp³-hybridized carbons (Fsp3) is 0.525. The first kappa shape index (κ1) is 34.7. The summed E-state index contributed by atoms with van der Waals surface area (Å²) in [7, 11) is 3.58. The minimum absolute atomic E-state index is 0.0371. The van der Waals surface area contributed by atoms with Gasteiger partial charge >= 0.3 is 5.69 Å². The molecular formula is C40H50N8O3. The van der Waals surface area contributed by atoms with E-state index >= 15 is 0 Å². The van der Waals surface area contributed by atoms with E-state index in [1.807, 2.05) is 50.4 Å². The lowest BCUT2D eigenvalue weighted by Gasteiger charge is -2.48. The van der Waals surface area contributed by atoms with Crippen LogP contribution in [0.4, 0.5) is 0 Å². The Kier molecular flexibility index (Phi) is 9.40. The maximum Gasteiger partial charge on any atom is 0.348 e. The van der Waals surface area contributed by atoms with Gasteiger partial charge in [0.25, 0.3) is 5.91 Å². The highest BCUT2D eigenvalue weighted by Crippen LogP contribution is 2.55. The number of likely N-dealkylation sites (tertiary alicyclic amines) is 1. The van der Waals surface area contributed by atoms with Crippen molar-refractivity contribution >= 4 is 11.8 Å². The number of nitrogens with zero attached hydrogens (tertiary/aromatic N) is 4. The van der Waals surface area contributed by atoms with Gasteiger partial charge in [-0.3, -0.25) is 14.6 Å². The van der Waals surface area contributed by atoms with Crippen molar-refractivity contribution < 1.29 is 9.59 Å². The number of nitrogens with one attached hydrogen (secondary N) is 4. The number of H-pyrrole nitrogens is 1. The summed E-state index contributed by atoms with van der Waals surface area (Å²) in [5.74, 6) is 1.62. The van der Waals surface area contributed by atoms with E-state index in [4.69, 9.17) is 5.10 Å². The van der Waals surface area contributed by atoms with Gasteiger partial charge in [0, 0.05) is 37.4 Å². The van der Waals surface area contributed by atoms with Crippen molar-refractivity contribution in [1.29, 1.82) is 5.26 Å². The zero-order valence-corrected chi connectivity index (χ0v) is 30.2. The summed E-state index contributed by atoms with van der Waals surface area (Å²) < 4.78 is 1.46.